The van der Waals surface area contributed by atoms with Gasteiger partial charge >= 0.3 is 11.9 Å². The predicted octanol–water partition coefficient (Wildman–Crippen LogP) is 4.65. The topological polar surface area (TPSA) is 52.6 Å². The zero-order valence-electron chi connectivity index (χ0n) is 14.9. The van der Waals surface area contributed by atoms with Crippen LogP contribution in [-0.2, 0) is 19.1 Å². The average Bonchev–Trinajstić information content (AvgIpc) is 2.52. The summed E-state index contributed by atoms with van der Waals surface area (Å²) in [5, 5.41) is 0. The summed E-state index contributed by atoms with van der Waals surface area (Å²) in [6.45, 7) is 8.82. The Balaban J connectivity index is 4.21. The summed E-state index contributed by atoms with van der Waals surface area (Å²) in [6.07, 6.45) is 7.46. The fourth-order valence-corrected chi connectivity index (χ4v) is 2.30. The summed E-state index contributed by atoms with van der Waals surface area (Å²) in [4.78, 5) is 23.4. The second-order valence-electron chi connectivity index (χ2n) is 6.01. The van der Waals surface area contributed by atoms with Crippen LogP contribution in [0.5, 0.6) is 0 Å². The standard InChI is InChI=1S/C18H34O4/c1-5-8-10-15(4)16(11-9-6-2)22-18(20)13-12-17(19)21-14-7-3/h15-16H,5-14H2,1-4H3. The van der Waals surface area contributed by atoms with Crippen molar-refractivity contribution >= 4 is 11.9 Å². The van der Waals surface area contributed by atoms with Gasteiger partial charge in [0.05, 0.1) is 19.4 Å². The Morgan fingerprint density at radius 3 is 2.05 bits per heavy atom. The Morgan fingerprint density at radius 2 is 1.45 bits per heavy atom. The van der Waals surface area contributed by atoms with E-state index in [1.165, 1.54) is 0 Å². The number of esters is 2. The molecule has 130 valence electrons. The van der Waals surface area contributed by atoms with Gasteiger partial charge in [-0.25, -0.2) is 0 Å². The minimum absolute atomic E-state index is 0.0225. The maximum absolute atomic E-state index is 11.9. The van der Waals surface area contributed by atoms with E-state index >= 15 is 0 Å². The third-order valence-electron chi connectivity index (χ3n) is 3.77. The molecule has 0 heterocycles. The van der Waals surface area contributed by atoms with Gasteiger partial charge in [-0.3, -0.25) is 9.59 Å². The zero-order valence-corrected chi connectivity index (χ0v) is 14.9. The lowest BCUT2D eigenvalue weighted by Crippen LogP contribution is -2.26. The van der Waals surface area contributed by atoms with E-state index in [0.29, 0.717) is 12.5 Å². The van der Waals surface area contributed by atoms with E-state index in [1.807, 2.05) is 6.92 Å². The average molecular weight is 314 g/mol. The van der Waals surface area contributed by atoms with Crippen LogP contribution in [0, 0.1) is 5.92 Å². The molecular weight excluding hydrogens is 280 g/mol. The number of hydrogen-bond donors (Lipinski definition) is 0. The molecule has 0 aliphatic carbocycles. The van der Waals surface area contributed by atoms with E-state index < -0.39 is 0 Å². The Hall–Kier alpha value is -1.06. The van der Waals surface area contributed by atoms with Gasteiger partial charge in [0.1, 0.15) is 6.10 Å². The number of carbonyl (C=O) groups excluding carboxylic acids is 2. The molecule has 0 aromatic heterocycles. The molecule has 0 saturated heterocycles. The molecule has 0 rings (SSSR count). The third kappa shape index (κ3) is 10.6. The number of ether oxygens (including phenoxy) is 2. The largest absolute Gasteiger partial charge is 0.466 e. The fourth-order valence-electron chi connectivity index (χ4n) is 2.30. The van der Waals surface area contributed by atoms with Crippen molar-refractivity contribution < 1.29 is 19.1 Å². The van der Waals surface area contributed by atoms with Crippen LogP contribution in [0.2, 0.25) is 0 Å². The Labute approximate surface area is 135 Å². The second kappa shape index (κ2) is 13.6. The molecule has 4 nitrogen and oxygen atoms in total. The first-order chi connectivity index (χ1) is 10.5. The number of rotatable bonds is 13. The molecule has 2 atom stereocenters. The van der Waals surface area contributed by atoms with Crippen molar-refractivity contribution in [3.8, 4) is 0 Å². The molecule has 0 spiro atoms. The maximum atomic E-state index is 11.9. The van der Waals surface area contributed by atoms with Gasteiger partial charge in [-0.2, -0.15) is 0 Å². The minimum Gasteiger partial charge on any atom is -0.466 e. The van der Waals surface area contributed by atoms with E-state index in [4.69, 9.17) is 9.47 Å². The molecule has 22 heavy (non-hydrogen) atoms. The van der Waals surface area contributed by atoms with Crippen LogP contribution >= 0.6 is 0 Å². The van der Waals surface area contributed by atoms with Crippen LogP contribution < -0.4 is 0 Å². The molecule has 0 amide bonds. The molecule has 0 fully saturated rings. The molecule has 2 unspecified atom stereocenters. The van der Waals surface area contributed by atoms with Gasteiger partial charge in [-0.05, 0) is 25.2 Å². The van der Waals surface area contributed by atoms with Gasteiger partial charge in [0.25, 0.3) is 0 Å². The Kier molecular flexibility index (Phi) is 12.9. The molecule has 0 aliphatic heterocycles. The first kappa shape index (κ1) is 20.9. The van der Waals surface area contributed by atoms with Gasteiger partial charge in [-0.1, -0.05) is 53.4 Å². The van der Waals surface area contributed by atoms with Crippen LogP contribution in [0.4, 0.5) is 0 Å². The first-order valence-electron chi connectivity index (χ1n) is 8.90. The molecule has 4 heteroatoms. The van der Waals surface area contributed by atoms with E-state index in [9.17, 15) is 9.59 Å². The van der Waals surface area contributed by atoms with Gasteiger partial charge in [0, 0.05) is 0 Å². The molecule has 0 saturated carbocycles. The highest BCUT2D eigenvalue weighted by atomic mass is 16.5. The monoisotopic (exact) mass is 314 g/mol. The highest BCUT2D eigenvalue weighted by Gasteiger charge is 2.21. The zero-order chi connectivity index (χ0) is 16.8. The van der Waals surface area contributed by atoms with Crippen molar-refractivity contribution in [3.05, 3.63) is 0 Å². The van der Waals surface area contributed by atoms with Gasteiger partial charge in [0.2, 0.25) is 0 Å². The molecule has 0 aromatic carbocycles. The molecule has 0 aromatic rings. The van der Waals surface area contributed by atoms with E-state index in [2.05, 4.69) is 20.8 Å². The maximum Gasteiger partial charge on any atom is 0.306 e. The highest BCUT2D eigenvalue weighted by Crippen LogP contribution is 2.21. The first-order valence-corrected chi connectivity index (χ1v) is 8.90. The van der Waals surface area contributed by atoms with E-state index in [-0.39, 0.29) is 30.9 Å². The summed E-state index contributed by atoms with van der Waals surface area (Å²) in [5.41, 5.74) is 0. The lowest BCUT2D eigenvalue weighted by atomic mass is 9.94. The lowest BCUT2D eigenvalue weighted by Gasteiger charge is -2.24. The number of hydrogen-bond acceptors (Lipinski definition) is 4. The normalized spacial score (nSPS) is 13.5. The molecule has 0 aliphatic rings. The van der Waals surface area contributed by atoms with Crippen molar-refractivity contribution in [2.45, 2.75) is 91.6 Å². The highest BCUT2D eigenvalue weighted by molar-refractivity contribution is 5.77. The van der Waals surface area contributed by atoms with Gasteiger partial charge in [-0.15, -0.1) is 0 Å². The summed E-state index contributed by atoms with van der Waals surface area (Å²) < 4.78 is 10.6. The fraction of sp³-hybridized carbons (Fsp3) is 0.889. The van der Waals surface area contributed by atoms with Gasteiger partial charge < -0.3 is 9.47 Å². The van der Waals surface area contributed by atoms with Crippen LogP contribution in [0.15, 0.2) is 0 Å². The minimum atomic E-state index is -0.317. The SMILES string of the molecule is CCCCC(C)C(CCCC)OC(=O)CCC(=O)OCCC. The molecule has 0 radical (unpaired) electrons. The molecule has 0 bridgehead atoms. The van der Waals surface area contributed by atoms with Crippen LogP contribution in [0.3, 0.4) is 0 Å². The smallest absolute Gasteiger partial charge is 0.306 e. The van der Waals surface area contributed by atoms with Crippen molar-refractivity contribution in [2.24, 2.45) is 5.92 Å². The van der Waals surface area contributed by atoms with Gasteiger partial charge in [0.15, 0.2) is 0 Å². The Morgan fingerprint density at radius 1 is 0.864 bits per heavy atom. The van der Waals surface area contributed by atoms with Crippen LogP contribution in [0.25, 0.3) is 0 Å². The van der Waals surface area contributed by atoms with Crippen molar-refractivity contribution in [1.29, 1.82) is 0 Å². The molecule has 0 N–H and O–H groups in total. The van der Waals surface area contributed by atoms with E-state index in [1.54, 1.807) is 0 Å². The summed E-state index contributed by atoms with van der Waals surface area (Å²) in [5.74, 6) is -0.219. The summed E-state index contributed by atoms with van der Waals surface area (Å²) >= 11 is 0. The van der Waals surface area contributed by atoms with Crippen molar-refractivity contribution in [3.63, 3.8) is 0 Å². The molecular formula is C18H34O4. The number of unbranched alkanes of at least 4 members (excludes halogenated alkanes) is 2. The predicted molar refractivity (Wildman–Crippen MR) is 88.6 cm³/mol. The van der Waals surface area contributed by atoms with Crippen LogP contribution in [0.1, 0.15) is 85.5 Å². The Bertz CT molecular complexity index is 301. The summed E-state index contributed by atoms with van der Waals surface area (Å²) in [7, 11) is 0. The second-order valence-corrected chi connectivity index (χ2v) is 6.01. The van der Waals surface area contributed by atoms with E-state index in [0.717, 1.165) is 44.9 Å². The lowest BCUT2D eigenvalue weighted by molar-refractivity contribution is -0.156. The third-order valence-corrected chi connectivity index (χ3v) is 3.77. The van der Waals surface area contributed by atoms with Crippen molar-refractivity contribution in [1.82, 2.24) is 0 Å². The van der Waals surface area contributed by atoms with Crippen LogP contribution in [-0.4, -0.2) is 24.6 Å². The number of carbonyl (C=O) groups is 2. The van der Waals surface area contributed by atoms with Crippen molar-refractivity contribution in [2.75, 3.05) is 6.61 Å². The quantitative estimate of drug-likeness (QED) is 0.464. The summed E-state index contributed by atoms with van der Waals surface area (Å²) in [6, 6.07) is 0.